The number of amides is 1. The maximum atomic E-state index is 13.7. The van der Waals surface area contributed by atoms with Crippen LogP contribution in [0.5, 0.6) is 0 Å². The number of nitrogens with zero attached hydrogens (tertiary/aromatic N) is 2. The van der Waals surface area contributed by atoms with Crippen molar-refractivity contribution in [2.45, 2.75) is 63.7 Å². The fourth-order valence-corrected chi connectivity index (χ4v) is 6.56. The van der Waals surface area contributed by atoms with Gasteiger partial charge in [0.2, 0.25) is 5.91 Å². The highest BCUT2D eigenvalue weighted by atomic mass is 16.3. The number of aliphatic hydroxyl groups excluding tert-OH is 1. The number of rotatable bonds is 6. The van der Waals surface area contributed by atoms with Crippen molar-refractivity contribution in [2.24, 2.45) is 17.8 Å². The number of carbonyl (C=O) groups excluding carboxylic acids is 1. The quantitative estimate of drug-likeness (QED) is 0.710. The Hall–Kier alpha value is -2.44. The largest absolute Gasteiger partial charge is 0.396 e. The molecule has 0 unspecified atom stereocenters. The molecular weight excluding hydrogens is 414 g/mol. The third-order valence-electron chi connectivity index (χ3n) is 8.19. The van der Waals surface area contributed by atoms with Gasteiger partial charge in [0.15, 0.2) is 0 Å². The number of carbonyl (C=O) groups is 1. The number of hydrogen-bond donors (Lipinski definition) is 2. The number of nitrogens with one attached hydrogen (secondary N) is 1. The summed E-state index contributed by atoms with van der Waals surface area (Å²) in [4.78, 5) is 28.6. The van der Waals surface area contributed by atoms with Crippen LogP contribution in [0, 0.1) is 17.8 Å². The predicted octanol–water partition coefficient (Wildman–Crippen LogP) is 3.27. The second kappa shape index (κ2) is 9.43. The number of aromatic nitrogens is 1. The van der Waals surface area contributed by atoms with Crippen LogP contribution in [0.2, 0.25) is 0 Å². The topological polar surface area (TPSA) is 74.6 Å². The summed E-state index contributed by atoms with van der Waals surface area (Å²) in [5.41, 5.74) is 2.07. The summed E-state index contributed by atoms with van der Waals surface area (Å²) in [7, 11) is 0. The standard InChI is InChI=1S/C27H35N3O3/c1-18(20-11-6-3-7-12-20)28-27(33)26-22(17-31)21-16-29-23(13-8-14-24(29)32)25(21)30(26)15-19-9-4-2-5-10-19/h3,6-8,11-14,18-19,21-22,25-26,31H,2,4-5,9-10,15-17H2,1H3,(H,28,33)/t18-,21+,22+,25-,26+/m1/s1. The molecule has 0 bridgehead atoms. The minimum atomic E-state index is -0.387. The van der Waals surface area contributed by atoms with Crippen LogP contribution in [0.4, 0.5) is 0 Å². The predicted molar refractivity (Wildman–Crippen MR) is 128 cm³/mol. The Morgan fingerprint density at radius 1 is 1.09 bits per heavy atom. The average Bonchev–Trinajstić information content (AvgIpc) is 3.36. The maximum absolute atomic E-state index is 13.7. The molecule has 176 valence electrons. The Bertz CT molecular complexity index is 1030. The van der Waals surface area contributed by atoms with Crippen LogP contribution in [-0.4, -0.2) is 39.7 Å². The van der Waals surface area contributed by atoms with Gasteiger partial charge in [-0.3, -0.25) is 14.5 Å². The number of pyridine rings is 1. The SMILES string of the molecule is C[C@@H](NC(=O)[C@@H]1[C@@H](CO)[C@@H]2Cn3c(cccc3=O)[C@@H]2N1CC1CCCCC1)c1ccccc1. The normalized spacial score (nSPS) is 28.3. The second-order valence-electron chi connectivity index (χ2n) is 10.1. The zero-order chi connectivity index (χ0) is 22.9. The molecule has 33 heavy (non-hydrogen) atoms. The van der Waals surface area contributed by atoms with Crippen LogP contribution in [0.1, 0.15) is 62.4 Å². The highest BCUT2D eigenvalue weighted by Gasteiger charge is 2.55. The molecular formula is C27H35N3O3. The molecule has 3 heterocycles. The lowest BCUT2D eigenvalue weighted by Gasteiger charge is -2.35. The van der Waals surface area contributed by atoms with Crippen molar-refractivity contribution in [1.82, 2.24) is 14.8 Å². The number of aliphatic hydroxyl groups is 1. The van der Waals surface area contributed by atoms with E-state index in [1.54, 1.807) is 6.07 Å². The van der Waals surface area contributed by atoms with Crippen LogP contribution >= 0.6 is 0 Å². The van der Waals surface area contributed by atoms with E-state index in [0.29, 0.717) is 12.5 Å². The Balaban J connectivity index is 1.46. The number of hydrogen-bond acceptors (Lipinski definition) is 4. The molecule has 5 rings (SSSR count). The van der Waals surface area contributed by atoms with Crippen molar-refractivity contribution in [3.05, 3.63) is 70.1 Å². The zero-order valence-corrected chi connectivity index (χ0v) is 19.4. The van der Waals surface area contributed by atoms with Crippen LogP contribution in [0.15, 0.2) is 53.3 Å². The average molecular weight is 450 g/mol. The molecule has 0 radical (unpaired) electrons. The summed E-state index contributed by atoms with van der Waals surface area (Å²) in [6, 6.07) is 15.0. The van der Waals surface area contributed by atoms with E-state index in [1.165, 1.54) is 32.1 Å². The molecule has 1 saturated carbocycles. The van der Waals surface area contributed by atoms with Crippen LogP contribution in [0.3, 0.4) is 0 Å². The first-order valence-corrected chi connectivity index (χ1v) is 12.5. The van der Waals surface area contributed by atoms with E-state index >= 15 is 0 Å². The maximum Gasteiger partial charge on any atom is 0.250 e. The molecule has 5 atom stereocenters. The minimum absolute atomic E-state index is 0.000702. The van der Waals surface area contributed by atoms with Gasteiger partial charge in [-0.25, -0.2) is 0 Å². The first-order valence-electron chi connectivity index (χ1n) is 12.5. The smallest absolute Gasteiger partial charge is 0.250 e. The summed E-state index contributed by atoms with van der Waals surface area (Å²) >= 11 is 0. The molecule has 2 fully saturated rings. The van der Waals surface area contributed by atoms with E-state index in [2.05, 4.69) is 10.2 Å². The highest BCUT2D eigenvalue weighted by Crippen LogP contribution is 2.49. The fourth-order valence-electron chi connectivity index (χ4n) is 6.56. The highest BCUT2D eigenvalue weighted by molar-refractivity contribution is 5.83. The first-order chi connectivity index (χ1) is 16.1. The number of benzene rings is 1. The van der Waals surface area contributed by atoms with Crippen LogP contribution in [0.25, 0.3) is 0 Å². The van der Waals surface area contributed by atoms with E-state index in [0.717, 1.165) is 17.8 Å². The molecule has 0 spiro atoms. The summed E-state index contributed by atoms with van der Waals surface area (Å²) in [5, 5.41) is 13.7. The van der Waals surface area contributed by atoms with E-state index in [1.807, 2.05) is 54.0 Å². The monoisotopic (exact) mass is 449 g/mol. The lowest BCUT2D eigenvalue weighted by molar-refractivity contribution is -0.128. The summed E-state index contributed by atoms with van der Waals surface area (Å²) < 4.78 is 1.85. The van der Waals surface area contributed by atoms with Gasteiger partial charge in [-0.15, -0.1) is 0 Å². The first kappa shape index (κ1) is 22.4. The molecule has 6 heteroatoms. The Morgan fingerprint density at radius 3 is 2.58 bits per heavy atom. The van der Waals surface area contributed by atoms with Gasteiger partial charge in [-0.05, 0) is 37.3 Å². The zero-order valence-electron chi connectivity index (χ0n) is 19.4. The van der Waals surface area contributed by atoms with Gasteiger partial charge in [0.25, 0.3) is 5.56 Å². The molecule has 6 nitrogen and oxygen atoms in total. The van der Waals surface area contributed by atoms with Crippen LogP contribution < -0.4 is 10.9 Å². The van der Waals surface area contributed by atoms with Crippen molar-refractivity contribution in [1.29, 1.82) is 0 Å². The van der Waals surface area contributed by atoms with E-state index in [4.69, 9.17) is 0 Å². The summed E-state index contributed by atoms with van der Waals surface area (Å²) in [6.45, 7) is 3.38. The Kier molecular flexibility index (Phi) is 6.39. The van der Waals surface area contributed by atoms with Crippen molar-refractivity contribution in [3.63, 3.8) is 0 Å². The molecule has 2 N–H and O–H groups in total. The fraction of sp³-hybridized carbons (Fsp3) is 0.556. The van der Waals surface area contributed by atoms with Crippen molar-refractivity contribution < 1.29 is 9.90 Å². The lowest BCUT2D eigenvalue weighted by Crippen LogP contribution is -2.50. The van der Waals surface area contributed by atoms with Crippen molar-refractivity contribution >= 4 is 5.91 Å². The molecule has 1 aromatic carbocycles. The molecule has 1 saturated heterocycles. The van der Waals surface area contributed by atoms with Gasteiger partial charge in [0.05, 0.1) is 18.1 Å². The van der Waals surface area contributed by atoms with Gasteiger partial charge >= 0.3 is 0 Å². The second-order valence-corrected chi connectivity index (χ2v) is 10.1. The molecule has 1 aromatic heterocycles. The van der Waals surface area contributed by atoms with Crippen molar-refractivity contribution in [2.75, 3.05) is 13.2 Å². The van der Waals surface area contributed by atoms with E-state index in [9.17, 15) is 14.7 Å². The van der Waals surface area contributed by atoms with Gasteiger partial charge < -0.3 is 15.0 Å². The Morgan fingerprint density at radius 2 is 1.85 bits per heavy atom. The Labute approximate surface area is 195 Å². The third kappa shape index (κ3) is 4.15. The molecule has 1 aliphatic carbocycles. The number of fused-ring (bicyclic) bond motifs is 3. The van der Waals surface area contributed by atoms with E-state index in [-0.39, 0.29) is 48.0 Å². The molecule has 2 aromatic rings. The van der Waals surface area contributed by atoms with Crippen LogP contribution in [-0.2, 0) is 11.3 Å². The van der Waals surface area contributed by atoms with Gasteiger partial charge in [-0.2, -0.15) is 0 Å². The minimum Gasteiger partial charge on any atom is -0.396 e. The third-order valence-corrected chi connectivity index (χ3v) is 8.19. The van der Waals surface area contributed by atoms with Crippen molar-refractivity contribution in [3.8, 4) is 0 Å². The van der Waals surface area contributed by atoms with Gasteiger partial charge in [0.1, 0.15) is 0 Å². The van der Waals surface area contributed by atoms with Gasteiger partial charge in [-0.1, -0.05) is 55.7 Å². The van der Waals surface area contributed by atoms with Gasteiger partial charge in [0, 0.05) is 43.3 Å². The molecule has 2 aliphatic heterocycles. The summed E-state index contributed by atoms with van der Waals surface area (Å²) in [5.74, 6) is 0.418. The summed E-state index contributed by atoms with van der Waals surface area (Å²) in [6.07, 6.45) is 6.16. The molecule has 3 aliphatic rings. The molecule has 1 amide bonds. The number of likely N-dealkylation sites (tertiary alicyclic amines) is 1. The van der Waals surface area contributed by atoms with E-state index < -0.39 is 0 Å². The lowest BCUT2D eigenvalue weighted by atomic mass is 9.88.